The second-order valence-electron chi connectivity index (χ2n) is 8.96. The number of hydrogen-bond donors (Lipinski definition) is 2. The van der Waals surface area contributed by atoms with E-state index in [0.717, 1.165) is 30.7 Å². The van der Waals surface area contributed by atoms with Gasteiger partial charge in [0.25, 0.3) is 0 Å². The maximum Gasteiger partial charge on any atom is 0.0937 e. The zero-order chi connectivity index (χ0) is 21.3. The molecule has 1 aliphatic rings. The fourth-order valence-electron chi connectivity index (χ4n) is 5.21. The van der Waals surface area contributed by atoms with E-state index in [-0.39, 0.29) is 5.92 Å². The Morgan fingerprint density at radius 2 is 1.90 bits per heavy atom. The van der Waals surface area contributed by atoms with E-state index in [1.165, 1.54) is 27.7 Å². The highest BCUT2D eigenvalue weighted by atomic mass is 32.2. The lowest BCUT2D eigenvalue weighted by Gasteiger charge is -2.40. The summed E-state index contributed by atoms with van der Waals surface area (Å²) < 4.78 is 0. The van der Waals surface area contributed by atoms with Crippen LogP contribution in [0.4, 0.5) is 0 Å². The smallest absolute Gasteiger partial charge is 0.0937 e. The van der Waals surface area contributed by atoms with Gasteiger partial charge >= 0.3 is 0 Å². The molecule has 0 amide bonds. The Balaban J connectivity index is 1.72. The van der Waals surface area contributed by atoms with Crippen LogP contribution in [0.5, 0.6) is 0 Å². The molecule has 1 aromatic heterocycles. The molecule has 2 heterocycles. The largest absolute Gasteiger partial charge is 0.385 e. The quantitative estimate of drug-likeness (QED) is 0.515. The van der Waals surface area contributed by atoms with Crippen molar-refractivity contribution in [1.82, 2.24) is 9.88 Å². The van der Waals surface area contributed by atoms with Crippen LogP contribution in [0.15, 0.2) is 48.5 Å². The lowest BCUT2D eigenvalue weighted by molar-refractivity contribution is -0.0407. The van der Waals surface area contributed by atoms with Crippen molar-refractivity contribution in [3.63, 3.8) is 0 Å². The average Bonchev–Trinajstić information content (AvgIpc) is 3.12. The molecule has 3 atom stereocenters. The summed E-state index contributed by atoms with van der Waals surface area (Å²) in [6.45, 7) is 5.11. The Kier molecular flexibility index (Phi) is 6.29. The summed E-state index contributed by atoms with van der Waals surface area (Å²) >= 11 is 2.04. The van der Waals surface area contributed by atoms with Crippen LogP contribution in [-0.4, -0.2) is 41.4 Å². The molecule has 4 heteroatoms. The zero-order valence-corrected chi connectivity index (χ0v) is 19.4. The Morgan fingerprint density at radius 1 is 1.17 bits per heavy atom. The second-order valence-corrected chi connectivity index (χ2v) is 10.3. The van der Waals surface area contributed by atoms with Crippen LogP contribution in [0.2, 0.25) is 0 Å². The first kappa shape index (κ1) is 21.5. The minimum Gasteiger partial charge on any atom is -0.385 e. The Hall–Kier alpha value is -1.75. The highest BCUT2D eigenvalue weighted by Crippen LogP contribution is 2.47. The number of nitrogens with zero attached hydrogens (tertiary/aromatic N) is 1. The minimum atomic E-state index is -0.834. The number of hydrogen-bond acceptors (Lipinski definition) is 3. The highest BCUT2D eigenvalue weighted by molar-refractivity contribution is 7.99. The third-order valence-electron chi connectivity index (χ3n) is 6.75. The van der Waals surface area contributed by atoms with Gasteiger partial charge in [0.05, 0.1) is 5.60 Å². The molecule has 0 spiro atoms. The molecule has 0 radical (unpaired) electrons. The van der Waals surface area contributed by atoms with Crippen LogP contribution in [0.3, 0.4) is 0 Å². The van der Waals surface area contributed by atoms with E-state index >= 15 is 0 Å². The third kappa shape index (κ3) is 3.93. The number of fused-ring (bicyclic) bond motifs is 3. The molecular weight excluding hydrogens is 388 g/mol. The third-order valence-corrected chi connectivity index (χ3v) is 8.02. The highest BCUT2D eigenvalue weighted by Gasteiger charge is 2.40. The van der Waals surface area contributed by atoms with Crippen molar-refractivity contribution in [3.05, 3.63) is 70.9 Å². The van der Waals surface area contributed by atoms with Gasteiger partial charge in [-0.25, -0.2) is 0 Å². The molecule has 0 aliphatic carbocycles. The molecule has 4 rings (SSSR count). The van der Waals surface area contributed by atoms with Crippen LogP contribution >= 0.6 is 11.8 Å². The van der Waals surface area contributed by atoms with Crippen LogP contribution in [0.1, 0.15) is 47.4 Å². The van der Waals surface area contributed by atoms with Crippen molar-refractivity contribution >= 4 is 22.7 Å². The van der Waals surface area contributed by atoms with Gasteiger partial charge in [-0.05, 0) is 68.8 Å². The number of thioether (sulfide) groups is 1. The standard InChI is InChI=1S/C26H34N2OS/c1-5-26(29,22-12-8-6-10-18(22)2)19(17-28(3)4)16-24-25-21(14-15-30-24)20-11-7-9-13-23(20)27-25/h6-13,19,24,27,29H,5,14-17H2,1-4H3. The molecule has 3 nitrogen and oxygen atoms in total. The number of rotatable bonds is 7. The van der Waals surface area contributed by atoms with Crippen molar-refractivity contribution in [2.24, 2.45) is 5.92 Å². The molecule has 160 valence electrons. The maximum atomic E-state index is 12.1. The molecule has 0 fully saturated rings. The molecule has 0 saturated heterocycles. The van der Waals surface area contributed by atoms with Gasteiger partial charge in [0.2, 0.25) is 0 Å². The summed E-state index contributed by atoms with van der Waals surface area (Å²) in [5.41, 5.74) is 5.52. The SMILES string of the molecule is CCC(O)(c1ccccc1C)C(CC1SCCc2c1[nH]c1ccccc21)CN(C)C. The summed E-state index contributed by atoms with van der Waals surface area (Å²) in [5.74, 6) is 1.29. The van der Waals surface area contributed by atoms with Crippen molar-refractivity contribution in [2.75, 3.05) is 26.4 Å². The van der Waals surface area contributed by atoms with Gasteiger partial charge in [-0.3, -0.25) is 0 Å². The van der Waals surface area contributed by atoms with Gasteiger partial charge in [0, 0.05) is 34.3 Å². The first-order valence-corrected chi connectivity index (χ1v) is 12.1. The number of para-hydroxylation sites is 1. The molecule has 0 bridgehead atoms. The first-order chi connectivity index (χ1) is 14.4. The first-order valence-electron chi connectivity index (χ1n) is 11.1. The van der Waals surface area contributed by atoms with Gasteiger partial charge < -0.3 is 15.0 Å². The van der Waals surface area contributed by atoms with E-state index in [1.807, 2.05) is 11.8 Å². The summed E-state index contributed by atoms with van der Waals surface area (Å²) in [4.78, 5) is 5.95. The minimum absolute atomic E-state index is 0.147. The fourth-order valence-corrected chi connectivity index (χ4v) is 6.56. The monoisotopic (exact) mass is 422 g/mol. The number of aromatic amines is 1. The predicted molar refractivity (Wildman–Crippen MR) is 129 cm³/mol. The molecule has 3 unspecified atom stereocenters. The average molecular weight is 423 g/mol. The molecule has 30 heavy (non-hydrogen) atoms. The number of nitrogens with one attached hydrogen (secondary N) is 1. The lowest BCUT2D eigenvalue weighted by atomic mass is 9.74. The summed E-state index contributed by atoms with van der Waals surface area (Å²) in [5, 5.41) is 13.8. The molecule has 1 aliphatic heterocycles. The van der Waals surface area contributed by atoms with Crippen molar-refractivity contribution < 1.29 is 5.11 Å². The predicted octanol–water partition coefficient (Wildman–Crippen LogP) is 5.67. The van der Waals surface area contributed by atoms with E-state index in [9.17, 15) is 5.11 Å². The van der Waals surface area contributed by atoms with E-state index < -0.39 is 5.60 Å². The summed E-state index contributed by atoms with van der Waals surface area (Å²) in [6, 6.07) is 17.0. The van der Waals surface area contributed by atoms with E-state index in [0.29, 0.717) is 11.7 Å². The zero-order valence-electron chi connectivity index (χ0n) is 18.6. The number of aromatic nitrogens is 1. The number of H-pyrrole nitrogens is 1. The molecule has 0 saturated carbocycles. The van der Waals surface area contributed by atoms with E-state index in [1.54, 1.807) is 0 Å². The summed E-state index contributed by atoms with van der Waals surface area (Å²) in [6.07, 6.45) is 2.79. The molecule has 3 aromatic rings. The van der Waals surface area contributed by atoms with E-state index in [2.05, 4.69) is 86.4 Å². The molecular formula is C26H34N2OS. The van der Waals surface area contributed by atoms with Crippen molar-refractivity contribution in [2.45, 2.75) is 44.0 Å². The number of benzene rings is 2. The van der Waals surface area contributed by atoms with Crippen LogP contribution < -0.4 is 0 Å². The Bertz CT molecular complexity index is 1010. The topological polar surface area (TPSA) is 39.3 Å². The fraction of sp³-hybridized carbons (Fsp3) is 0.462. The van der Waals surface area contributed by atoms with Crippen molar-refractivity contribution in [1.29, 1.82) is 0 Å². The summed E-state index contributed by atoms with van der Waals surface area (Å²) in [7, 11) is 4.23. The lowest BCUT2D eigenvalue weighted by Crippen LogP contribution is -2.41. The maximum absolute atomic E-state index is 12.1. The molecule has 2 N–H and O–H groups in total. The Labute approximate surface area is 184 Å². The number of aliphatic hydroxyl groups is 1. The van der Waals surface area contributed by atoms with Gasteiger partial charge in [0.15, 0.2) is 0 Å². The normalized spacial score (nSPS) is 19.6. The number of aryl methyl sites for hydroxylation is 2. The van der Waals surface area contributed by atoms with E-state index in [4.69, 9.17) is 0 Å². The van der Waals surface area contributed by atoms with Gasteiger partial charge in [-0.15, -0.1) is 0 Å². The van der Waals surface area contributed by atoms with Gasteiger partial charge in [-0.1, -0.05) is 49.4 Å². The molecule has 2 aromatic carbocycles. The van der Waals surface area contributed by atoms with Gasteiger partial charge in [0.1, 0.15) is 0 Å². The van der Waals surface area contributed by atoms with Crippen molar-refractivity contribution in [3.8, 4) is 0 Å². The van der Waals surface area contributed by atoms with Crippen LogP contribution in [0, 0.1) is 12.8 Å². The Morgan fingerprint density at radius 3 is 2.63 bits per heavy atom. The van der Waals surface area contributed by atoms with Crippen LogP contribution in [-0.2, 0) is 12.0 Å². The van der Waals surface area contributed by atoms with Gasteiger partial charge in [-0.2, -0.15) is 11.8 Å². The van der Waals surface area contributed by atoms with Crippen LogP contribution in [0.25, 0.3) is 10.9 Å². The second kappa shape index (κ2) is 8.78.